The third-order valence-corrected chi connectivity index (χ3v) is 3.85. The predicted octanol–water partition coefficient (Wildman–Crippen LogP) is 1.54. The molecule has 0 aliphatic carbocycles. The van der Waals surface area contributed by atoms with Crippen LogP contribution in [0.5, 0.6) is 0 Å². The number of carbonyl (C=O) groups is 1. The van der Waals surface area contributed by atoms with Crippen LogP contribution in [0.15, 0.2) is 0 Å². The molecule has 3 aliphatic heterocycles. The number of piperidine rings is 2. The van der Waals surface area contributed by atoms with Crippen molar-refractivity contribution in [1.82, 2.24) is 4.90 Å². The second-order valence-electron chi connectivity index (χ2n) is 4.67. The van der Waals surface area contributed by atoms with Crippen molar-refractivity contribution < 1.29 is 14.3 Å². The molecule has 3 heterocycles. The SMILES string of the molecule is CCOC(=O)N1C2CCC3OC(C2)CC31. The van der Waals surface area contributed by atoms with E-state index in [0.717, 1.165) is 25.7 Å². The fourth-order valence-corrected chi connectivity index (χ4v) is 3.30. The van der Waals surface area contributed by atoms with Gasteiger partial charge < -0.3 is 9.47 Å². The first-order chi connectivity index (χ1) is 7.29. The Bertz CT molecular complexity index is 281. The van der Waals surface area contributed by atoms with E-state index in [-0.39, 0.29) is 12.2 Å². The largest absolute Gasteiger partial charge is 0.450 e. The number of amides is 1. The van der Waals surface area contributed by atoms with E-state index in [9.17, 15) is 4.79 Å². The molecule has 0 spiro atoms. The van der Waals surface area contributed by atoms with E-state index >= 15 is 0 Å². The molecule has 1 amide bonds. The molecule has 0 aromatic rings. The summed E-state index contributed by atoms with van der Waals surface area (Å²) < 4.78 is 11.0. The molecule has 0 N–H and O–H groups in total. The molecule has 4 unspecified atom stereocenters. The van der Waals surface area contributed by atoms with Crippen molar-refractivity contribution in [2.24, 2.45) is 0 Å². The van der Waals surface area contributed by atoms with Gasteiger partial charge in [0.15, 0.2) is 0 Å². The number of fused-ring (bicyclic) bond motifs is 2. The highest BCUT2D eigenvalue weighted by atomic mass is 16.6. The van der Waals surface area contributed by atoms with Gasteiger partial charge in [0.2, 0.25) is 0 Å². The topological polar surface area (TPSA) is 38.8 Å². The second-order valence-corrected chi connectivity index (χ2v) is 4.67. The highest BCUT2D eigenvalue weighted by Gasteiger charge is 2.52. The summed E-state index contributed by atoms with van der Waals surface area (Å²) in [5, 5.41) is 0. The van der Waals surface area contributed by atoms with Crippen molar-refractivity contribution in [3.8, 4) is 0 Å². The summed E-state index contributed by atoms with van der Waals surface area (Å²) in [5.41, 5.74) is 0. The van der Waals surface area contributed by atoms with Gasteiger partial charge in [-0.05, 0) is 32.6 Å². The Kier molecular flexibility index (Phi) is 2.12. The summed E-state index contributed by atoms with van der Waals surface area (Å²) in [6.45, 7) is 2.32. The van der Waals surface area contributed by atoms with Crippen LogP contribution in [0.4, 0.5) is 4.79 Å². The summed E-state index contributed by atoms with van der Waals surface area (Å²) in [6, 6.07) is 0.660. The van der Waals surface area contributed by atoms with Crippen LogP contribution in [0.3, 0.4) is 0 Å². The standard InChI is InChI=1S/C11H17NO3/c1-2-14-11(13)12-7-3-4-10-9(12)6-8(5-7)15-10/h7-10H,2-6H2,1H3. The lowest BCUT2D eigenvalue weighted by molar-refractivity contribution is 0.0180. The molecule has 3 bridgehead atoms. The highest BCUT2D eigenvalue weighted by molar-refractivity contribution is 5.69. The van der Waals surface area contributed by atoms with Gasteiger partial charge in [0, 0.05) is 6.04 Å². The zero-order valence-corrected chi connectivity index (χ0v) is 9.02. The molecular weight excluding hydrogens is 194 g/mol. The number of nitrogens with zero attached hydrogens (tertiary/aromatic N) is 1. The average molecular weight is 211 g/mol. The van der Waals surface area contributed by atoms with Crippen molar-refractivity contribution in [2.45, 2.75) is 56.9 Å². The van der Waals surface area contributed by atoms with Crippen LogP contribution in [0.25, 0.3) is 0 Å². The minimum absolute atomic E-state index is 0.138. The minimum atomic E-state index is -0.138. The lowest BCUT2D eigenvalue weighted by Gasteiger charge is -2.43. The Morgan fingerprint density at radius 1 is 1.47 bits per heavy atom. The van der Waals surface area contributed by atoms with Crippen molar-refractivity contribution in [3.63, 3.8) is 0 Å². The summed E-state index contributed by atoms with van der Waals surface area (Å²) in [7, 11) is 0. The third kappa shape index (κ3) is 1.34. The van der Waals surface area contributed by atoms with E-state index in [4.69, 9.17) is 9.47 Å². The summed E-state index contributed by atoms with van der Waals surface area (Å²) in [6.07, 6.45) is 4.75. The van der Waals surface area contributed by atoms with Gasteiger partial charge in [0.1, 0.15) is 0 Å². The Hall–Kier alpha value is -0.770. The van der Waals surface area contributed by atoms with Crippen LogP contribution in [-0.2, 0) is 9.47 Å². The average Bonchev–Trinajstić information content (AvgIpc) is 2.41. The smallest absolute Gasteiger partial charge is 0.410 e. The predicted molar refractivity (Wildman–Crippen MR) is 53.6 cm³/mol. The van der Waals surface area contributed by atoms with Crippen molar-refractivity contribution in [2.75, 3.05) is 6.61 Å². The van der Waals surface area contributed by atoms with Crippen molar-refractivity contribution in [3.05, 3.63) is 0 Å². The van der Waals surface area contributed by atoms with Gasteiger partial charge in [-0.2, -0.15) is 0 Å². The number of carbonyl (C=O) groups excluding carboxylic acids is 1. The fraction of sp³-hybridized carbons (Fsp3) is 0.909. The van der Waals surface area contributed by atoms with E-state index in [1.54, 1.807) is 0 Å². The van der Waals surface area contributed by atoms with Crippen LogP contribution in [0.2, 0.25) is 0 Å². The van der Waals surface area contributed by atoms with Gasteiger partial charge in [0.25, 0.3) is 0 Å². The molecule has 3 rings (SSSR count). The van der Waals surface area contributed by atoms with Gasteiger partial charge in [-0.1, -0.05) is 0 Å². The quantitative estimate of drug-likeness (QED) is 0.660. The van der Waals surface area contributed by atoms with Crippen LogP contribution in [0, 0.1) is 0 Å². The van der Waals surface area contributed by atoms with E-state index < -0.39 is 0 Å². The molecule has 3 saturated heterocycles. The Labute approximate surface area is 89.5 Å². The number of hydrogen-bond donors (Lipinski definition) is 0. The van der Waals surface area contributed by atoms with Crippen LogP contribution >= 0.6 is 0 Å². The monoisotopic (exact) mass is 211 g/mol. The fourth-order valence-electron chi connectivity index (χ4n) is 3.30. The lowest BCUT2D eigenvalue weighted by Crippen LogP contribution is -2.56. The molecule has 0 radical (unpaired) electrons. The second kappa shape index (κ2) is 3.37. The Morgan fingerprint density at radius 2 is 2.33 bits per heavy atom. The number of rotatable bonds is 1. The number of ether oxygens (including phenoxy) is 2. The van der Waals surface area contributed by atoms with E-state index in [2.05, 4.69) is 0 Å². The molecule has 0 aromatic heterocycles. The molecule has 3 fully saturated rings. The van der Waals surface area contributed by atoms with E-state index in [0.29, 0.717) is 24.8 Å². The maximum atomic E-state index is 11.8. The van der Waals surface area contributed by atoms with Gasteiger partial charge in [0.05, 0.1) is 24.9 Å². The zero-order valence-electron chi connectivity index (χ0n) is 9.02. The summed E-state index contributed by atoms with van der Waals surface area (Å²) in [5.74, 6) is 0. The highest BCUT2D eigenvalue weighted by Crippen LogP contribution is 2.43. The van der Waals surface area contributed by atoms with Crippen LogP contribution in [0.1, 0.15) is 32.6 Å². The maximum absolute atomic E-state index is 11.8. The Morgan fingerprint density at radius 3 is 3.13 bits per heavy atom. The molecule has 3 aliphatic rings. The first kappa shape index (κ1) is 9.46. The van der Waals surface area contributed by atoms with Gasteiger partial charge >= 0.3 is 6.09 Å². The van der Waals surface area contributed by atoms with E-state index in [1.807, 2.05) is 11.8 Å². The summed E-state index contributed by atoms with van der Waals surface area (Å²) in [4.78, 5) is 13.8. The minimum Gasteiger partial charge on any atom is -0.450 e. The molecule has 0 aromatic carbocycles. The van der Waals surface area contributed by atoms with Crippen LogP contribution < -0.4 is 0 Å². The molecule has 4 heteroatoms. The molecule has 0 saturated carbocycles. The zero-order chi connectivity index (χ0) is 10.4. The first-order valence-corrected chi connectivity index (χ1v) is 5.90. The van der Waals surface area contributed by atoms with Crippen molar-refractivity contribution in [1.29, 1.82) is 0 Å². The lowest BCUT2D eigenvalue weighted by atomic mass is 9.85. The van der Waals surface area contributed by atoms with Crippen LogP contribution in [-0.4, -0.2) is 41.9 Å². The molecule has 4 atom stereocenters. The molecule has 4 nitrogen and oxygen atoms in total. The number of hydrogen-bond acceptors (Lipinski definition) is 3. The molecule has 84 valence electrons. The van der Waals surface area contributed by atoms with Gasteiger partial charge in [-0.3, -0.25) is 4.90 Å². The maximum Gasteiger partial charge on any atom is 0.410 e. The molecule has 15 heavy (non-hydrogen) atoms. The van der Waals surface area contributed by atoms with E-state index in [1.165, 1.54) is 0 Å². The van der Waals surface area contributed by atoms with Crippen molar-refractivity contribution >= 4 is 6.09 Å². The molecular formula is C11H17NO3. The normalized spacial score (nSPS) is 42.1. The third-order valence-electron chi connectivity index (χ3n) is 3.85. The first-order valence-electron chi connectivity index (χ1n) is 5.90. The Balaban J connectivity index is 1.81. The summed E-state index contributed by atoms with van der Waals surface area (Å²) >= 11 is 0. The van der Waals surface area contributed by atoms with Gasteiger partial charge in [-0.15, -0.1) is 0 Å². The van der Waals surface area contributed by atoms with Gasteiger partial charge in [-0.25, -0.2) is 4.79 Å².